The van der Waals surface area contributed by atoms with E-state index in [0.717, 1.165) is 17.6 Å². The highest BCUT2D eigenvalue weighted by Crippen LogP contribution is 2.59. The Labute approximate surface area is 196 Å². The van der Waals surface area contributed by atoms with Gasteiger partial charge in [-0.2, -0.15) is 0 Å². The molecule has 0 aromatic carbocycles. The molecule has 3 nitrogen and oxygen atoms in total. The Bertz CT molecular complexity index is 775. The largest absolute Gasteiger partial charge is 0.395 e. The maximum absolute atomic E-state index is 10.2. The molecule has 3 heteroatoms. The molecule has 0 saturated heterocycles. The Morgan fingerprint density at radius 1 is 1.19 bits per heavy atom. The van der Waals surface area contributed by atoms with Gasteiger partial charge in [0, 0.05) is 11.8 Å². The van der Waals surface area contributed by atoms with Gasteiger partial charge in [0.15, 0.2) is 0 Å². The first-order valence-electron chi connectivity index (χ1n) is 12.8. The van der Waals surface area contributed by atoms with Crippen molar-refractivity contribution in [1.29, 1.82) is 0 Å². The molecule has 3 aliphatic rings. The lowest BCUT2D eigenvalue weighted by Crippen LogP contribution is -2.35. The molecule has 180 valence electrons. The van der Waals surface area contributed by atoms with Crippen molar-refractivity contribution in [2.45, 2.75) is 91.8 Å². The molecule has 0 amide bonds. The Balaban J connectivity index is 1.78. The van der Waals surface area contributed by atoms with Crippen LogP contribution in [0.4, 0.5) is 0 Å². The molecule has 0 aliphatic heterocycles. The van der Waals surface area contributed by atoms with Crippen LogP contribution in [-0.2, 0) is 0 Å². The van der Waals surface area contributed by atoms with Gasteiger partial charge in [-0.05, 0) is 78.8 Å². The van der Waals surface area contributed by atoms with E-state index >= 15 is 0 Å². The van der Waals surface area contributed by atoms with Gasteiger partial charge < -0.3 is 15.3 Å². The topological polar surface area (TPSA) is 60.7 Å². The summed E-state index contributed by atoms with van der Waals surface area (Å²) in [7, 11) is 0. The van der Waals surface area contributed by atoms with Crippen LogP contribution in [-0.4, -0.2) is 34.1 Å². The van der Waals surface area contributed by atoms with Crippen LogP contribution in [0, 0.1) is 34.5 Å². The molecular formula is C29H46O3. The summed E-state index contributed by atoms with van der Waals surface area (Å²) < 4.78 is 0. The average molecular weight is 443 g/mol. The van der Waals surface area contributed by atoms with E-state index in [0.29, 0.717) is 41.9 Å². The average Bonchev–Trinajstić information content (AvgIpc) is 3.10. The lowest BCUT2D eigenvalue weighted by Gasteiger charge is -2.44. The summed E-state index contributed by atoms with van der Waals surface area (Å²) in [6.45, 7) is 15.6. The molecule has 0 heterocycles. The molecule has 0 radical (unpaired) electrons. The fourth-order valence-electron chi connectivity index (χ4n) is 6.54. The molecule has 0 aromatic rings. The van der Waals surface area contributed by atoms with Crippen LogP contribution >= 0.6 is 0 Å². The highest BCUT2D eigenvalue weighted by atomic mass is 16.3. The number of aliphatic hydroxyl groups is 3. The predicted octanol–water partition coefficient (Wildman–Crippen LogP) is 5.97. The Morgan fingerprint density at radius 3 is 2.56 bits per heavy atom. The quantitative estimate of drug-likeness (QED) is 0.444. The lowest BCUT2D eigenvalue weighted by molar-refractivity contribution is 0.0862. The van der Waals surface area contributed by atoms with Gasteiger partial charge in [0.1, 0.15) is 0 Å². The minimum atomic E-state index is -0.626. The molecular weight excluding hydrogens is 396 g/mol. The zero-order valence-electron chi connectivity index (χ0n) is 21.0. The van der Waals surface area contributed by atoms with Crippen molar-refractivity contribution in [1.82, 2.24) is 0 Å². The van der Waals surface area contributed by atoms with E-state index in [9.17, 15) is 15.3 Å². The van der Waals surface area contributed by atoms with Crippen LogP contribution < -0.4 is 0 Å². The third-order valence-electron chi connectivity index (χ3n) is 9.38. The van der Waals surface area contributed by atoms with Gasteiger partial charge in [-0.25, -0.2) is 0 Å². The number of rotatable bonds is 6. The monoisotopic (exact) mass is 442 g/mol. The van der Waals surface area contributed by atoms with E-state index < -0.39 is 12.2 Å². The molecule has 32 heavy (non-hydrogen) atoms. The van der Waals surface area contributed by atoms with E-state index in [1.54, 1.807) is 0 Å². The van der Waals surface area contributed by atoms with Crippen LogP contribution in [0.5, 0.6) is 0 Å². The maximum Gasteiger partial charge on any atom is 0.0811 e. The molecule has 0 aromatic heterocycles. The maximum atomic E-state index is 10.2. The molecule has 3 fully saturated rings. The van der Waals surface area contributed by atoms with Gasteiger partial charge in [0.2, 0.25) is 0 Å². The van der Waals surface area contributed by atoms with Crippen LogP contribution in [0.25, 0.3) is 0 Å². The van der Waals surface area contributed by atoms with E-state index in [1.165, 1.54) is 31.3 Å². The van der Waals surface area contributed by atoms with Gasteiger partial charge in [-0.3, -0.25) is 0 Å². The SMILES string of the molecule is C=C1/C(=C\C=C2/CCCC3(C)C2CCC3[C@H](C)/C=C/[C@@](C)(CO)C(C)C)C[C@@H](O)CC1O. The summed E-state index contributed by atoms with van der Waals surface area (Å²) in [5.74, 6) is 2.17. The second-order valence-electron chi connectivity index (χ2n) is 11.7. The standard InChI is InChI=1S/C29H46O3/c1-19(2)28(5,18-30)15-13-20(3)25-11-12-26-22(8-7-14-29(25,26)6)9-10-23-16-24(31)17-27(32)21(23)4/h9-10,13,15,19-20,24-27,30-32H,4,7-8,11-12,14,16-18H2,1-3,5-6H3/b15-13+,22-9+,23-10-/t20-,24-,25?,26?,27?,28+,29?/m1/s1. The number of aliphatic hydroxyl groups excluding tert-OH is 3. The van der Waals surface area contributed by atoms with E-state index in [1.807, 2.05) is 0 Å². The van der Waals surface area contributed by atoms with Gasteiger partial charge in [0.05, 0.1) is 18.8 Å². The predicted molar refractivity (Wildman–Crippen MR) is 133 cm³/mol. The number of hydrogen-bond donors (Lipinski definition) is 3. The molecule has 3 rings (SSSR count). The van der Waals surface area contributed by atoms with Gasteiger partial charge >= 0.3 is 0 Å². The normalized spacial score (nSPS) is 39.1. The van der Waals surface area contributed by atoms with Crippen molar-refractivity contribution < 1.29 is 15.3 Å². The molecule has 3 saturated carbocycles. The highest BCUT2D eigenvalue weighted by Gasteiger charge is 2.50. The molecule has 4 unspecified atom stereocenters. The number of fused-ring (bicyclic) bond motifs is 1. The fraction of sp³-hybridized carbons (Fsp3) is 0.724. The fourth-order valence-corrected chi connectivity index (χ4v) is 6.54. The van der Waals surface area contributed by atoms with Crippen molar-refractivity contribution in [3.8, 4) is 0 Å². The van der Waals surface area contributed by atoms with Crippen molar-refractivity contribution in [2.75, 3.05) is 6.61 Å². The van der Waals surface area contributed by atoms with E-state index in [-0.39, 0.29) is 12.0 Å². The van der Waals surface area contributed by atoms with Crippen LogP contribution in [0.3, 0.4) is 0 Å². The molecule has 3 aliphatic carbocycles. The van der Waals surface area contributed by atoms with Crippen molar-refractivity contribution in [2.24, 2.45) is 34.5 Å². The van der Waals surface area contributed by atoms with Gasteiger partial charge in [0.25, 0.3) is 0 Å². The van der Waals surface area contributed by atoms with Crippen LogP contribution in [0.15, 0.2) is 47.6 Å². The second-order valence-corrected chi connectivity index (χ2v) is 11.7. The van der Waals surface area contributed by atoms with Crippen molar-refractivity contribution in [3.05, 3.63) is 47.6 Å². The molecule has 0 bridgehead atoms. The van der Waals surface area contributed by atoms with Gasteiger partial charge in [-0.15, -0.1) is 0 Å². The lowest BCUT2D eigenvalue weighted by atomic mass is 9.61. The summed E-state index contributed by atoms with van der Waals surface area (Å²) >= 11 is 0. The summed E-state index contributed by atoms with van der Waals surface area (Å²) in [5, 5.41) is 30.1. The summed E-state index contributed by atoms with van der Waals surface area (Å²) in [4.78, 5) is 0. The number of allylic oxidation sites excluding steroid dienone is 4. The number of hydrogen-bond acceptors (Lipinski definition) is 3. The summed E-state index contributed by atoms with van der Waals surface area (Å²) in [6.07, 6.45) is 15.1. The molecule has 7 atom stereocenters. The first-order valence-corrected chi connectivity index (χ1v) is 12.8. The summed E-state index contributed by atoms with van der Waals surface area (Å²) in [6, 6.07) is 0. The third kappa shape index (κ3) is 5.00. The molecule has 3 N–H and O–H groups in total. The van der Waals surface area contributed by atoms with Crippen molar-refractivity contribution >= 4 is 0 Å². The minimum absolute atomic E-state index is 0.158. The van der Waals surface area contributed by atoms with Crippen molar-refractivity contribution in [3.63, 3.8) is 0 Å². The highest BCUT2D eigenvalue weighted by molar-refractivity contribution is 5.38. The van der Waals surface area contributed by atoms with Gasteiger partial charge in [-0.1, -0.05) is 71.1 Å². The second kappa shape index (κ2) is 9.99. The first kappa shape index (κ1) is 25.5. The van der Waals surface area contributed by atoms with E-state index in [4.69, 9.17) is 0 Å². The smallest absolute Gasteiger partial charge is 0.0811 e. The minimum Gasteiger partial charge on any atom is -0.395 e. The third-order valence-corrected chi connectivity index (χ3v) is 9.38. The zero-order valence-corrected chi connectivity index (χ0v) is 21.0. The van der Waals surface area contributed by atoms with Crippen LogP contribution in [0.1, 0.15) is 79.6 Å². The first-order chi connectivity index (χ1) is 15.0. The van der Waals surface area contributed by atoms with Crippen LogP contribution in [0.2, 0.25) is 0 Å². The molecule has 0 spiro atoms. The Morgan fingerprint density at radius 2 is 1.91 bits per heavy atom. The summed E-state index contributed by atoms with van der Waals surface area (Å²) in [5.41, 5.74) is 3.45. The zero-order chi connectivity index (χ0) is 23.7. The van der Waals surface area contributed by atoms with E-state index in [2.05, 4.69) is 65.5 Å². The Hall–Kier alpha value is -1.16. The Kier molecular flexibility index (Phi) is 7.95.